The van der Waals surface area contributed by atoms with Crippen LogP contribution in [0, 0.1) is 0 Å². The van der Waals surface area contributed by atoms with Gasteiger partial charge in [-0.15, -0.1) is 0 Å². The van der Waals surface area contributed by atoms with Crippen LogP contribution >= 0.6 is 0 Å². The molecule has 0 unspecified atom stereocenters. The largest absolute Gasteiger partial charge is 0.313 e. The lowest BCUT2D eigenvalue weighted by Crippen LogP contribution is -2.31. The molecule has 0 bridgehead atoms. The van der Waals surface area contributed by atoms with Crippen molar-refractivity contribution in [3.63, 3.8) is 0 Å². The van der Waals surface area contributed by atoms with E-state index in [1.807, 2.05) is 0 Å². The van der Waals surface area contributed by atoms with E-state index in [0.717, 1.165) is 44.6 Å². The molecule has 1 aliphatic heterocycles. The van der Waals surface area contributed by atoms with E-state index in [4.69, 9.17) is 0 Å². The normalized spacial score (nSPS) is 21.0. The minimum atomic E-state index is -2.80. The molecule has 0 atom stereocenters. The summed E-state index contributed by atoms with van der Waals surface area (Å²) in [6, 6.07) is 0. The third kappa shape index (κ3) is 6.19. The van der Waals surface area contributed by atoms with Crippen LogP contribution in [0.2, 0.25) is 0 Å². The van der Waals surface area contributed by atoms with Gasteiger partial charge in [-0.3, -0.25) is 4.90 Å². The molecule has 1 fully saturated rings. The highest BCUT2D eigenvalue weighted by Gasteiger charge is 2.18. The number of hydrogen-bond donors (Lipinski definition) is 1. The predicted octanol–water partition coefficient (Wildman–Crippen LogP) is 0.663. The number of hydrogen-bond acceptors (Lipinski definition) is 4. The van der Waals surface area contributed by atoms with Gasteiger partial charge in [0.1, 0.15) is 0 Å². The fourth-order valence-corrected chi connectivity index (χ4v) is 3.27. The molecule has 1 aliphatic rings. The molecule has 4 nitrogen and oxygen atoms in total. The van der Waals surface area contributed by atoms with Gasteiger partial charge in [-0.1, -0.05) is 13.5 Å². The van der Waals surface area contributed by atoms with Gasteiger partial charge < -0.3 is 5.32 Å². The smallest absolute Gasteiger partial charge is 0.151 e. The van der Waals surface area contributed by atoms with Crippen LogP contribution in [0.15, 0.2) is 12.2 Å². The van der Waals surface area contributed by atoms with Gasteiger partial charge in [0.15, 0.2) is 9.84 Å². The Morgan fingerprint density at radius 1 is 1.35 bits per heavy atom. The fraction of sp³-hybridized carbons (Fsp3) is 0.833. The first-order valence-corrected chi connectivity index (χ1v) is 8.16. The van der Waals surface area contributed by atoms with Crippen LogP contribution in [0.1, 0.15) is 19.8 Å². The van der Waals surface area contributed by atoms with Crippen molar-refractivity contribution in [1.29, 1.82) is 0 Å². The number of nitrogens with zero attached hydrogens (tertiary/aromatic N) is 1. The van der Waals surface area contributed by atoms with Crippen molar-refractivity contribution in [2.75, 3.05) is 44.2 Å². The average Bonchev–Trinajstić information content (AvgIpc) is 2.41. The summed E-state index contributed by atoms with van der Waals surface area (Å²) in [6.45, 7) is 10.3. The maximum absolute atomic E-state index is 11.5. The molecule has 0 radical (unpaired) electrons. The van der Waals surface area contributed by atoms with Crippen molar-refractivity contribution in [2.24, 2.45) is 0 Å². The van der Waals surface area contributed by atoms with Gasteiger partial charge in [-0.05, 0) is 31.5 Å². The Morgan fingerprint density at radius 3 is 2.82 bits per heavy atom. The minimum Gasteiger partial charge on any atom is -0.313 e. The average molecular weight is 260 g/mol. The zero-order valence-corrected chi connectivity index (χ0v) is 11.6. The molecule has 0 saturated carbocycles. The summed E-state index contributed by atoms with van der Waals surface area (Å²) in [7, 11) is -2.80. The van der Waals surface area contributed by atoms with Crippen LogP contribution in [0.4, 0.5) is 0 Å². The third-order valence-electron chi connectivity index (χ3n) is 2.90. The molecule has 1 saturated heterocycles. The van der Waals surface area contributed by atoms with Crippen molar-refractivity contribution >= 4 is 9.84 Å². The maximum Gasteiger partial charge on any atom is 0.151 e. The highest BCUT2D eigenvalue weighted by atomic mass is 32.2. The fourth-order valence-electron chi connectivity index (χ4n) is 1.96. The van der Waals surface area contributed by atoms with Gasteiger partial charge in [0.2, 0.25) is 0 Å². The summed E-state index contributed by atoms with van der Waals surface area (Å²) in [5, 5.41) is 3.31. The van der Waals surface area contributed by atoms with Crippen LogP contribution < -0.4 is 5.32 Å². The maximum atomic E-state index is 11.5. The number of rotatable bonds is 6. The highest BCUT2D eigenvalue weighted by Crippen LogP contribution is 2.06. The van der Waals surface area contributed by atoms with Crippen molar-refractivity contribution in [2.45, 2.75) is 19.8 Å². The second-order valence-electron chi connectivity index (χ2n) is 4.71. The standard InChI is InChI=1S/C12H24N2O2S/c1-3-5-13-10-12(2)11-14-6-4-8-17(15,16)9-7-14/h13H,2-11H2,1H3. The van der Waals surface area contributed by atoms with E-state index >= 15 is 0 Å². The summed E-state index contributed by atoms with van der Waals surface area (Å²) in [4.78, 5) is 2.19. The Balaban J connectivity index is 2.29. The van der Waals surface area contributed by atoms with Crippen molar-refractivity contribution in [1.82, 2.24) is 10.2 Å². The van der Waals surface area contributed by atoms with Crippen molar-refractivity contribution in [3.8, 4) is 0 Å². The van der Waals surface area contributed by atoms with E-state index in [0.29, 0.717) is 18.1 Å². The van der Waals surface area contributed by atoms with E-state index in [-0.39, 0.29) is 0 Å². The molecule has 0 aromatic heterocycles. The Labute approximate surface area is 105 Å². The third-order valence-corrected chi connectivity index (χ3v) is 4.61. The van der Waals surface area contributed by atoms with Crippen LogP contribution in [0.3, 0.4) is 0 Å². The molecule has 0 aromatic rings. The van der Waals surface area contributed by atoms with Gasteiger partial charge in [-0.25, -0.2) is 8.42 Å². The summed E-state index contributed by atoms with van der Waals surface area (Å²) in [6.07, 6.45) is 1.87. The SMILES string of the molecule is C=C(CNCCC)CN1CCCS(=O)(=O)CC1. The second-order valence-corrected chi connectivity index (χ2v) is 7.01. The molecule has 17 heavy (non-hydrogen) atoms. The summed E-state index contributed by atoms with van der Waals surface area (Å²) in [5.74, 6) is 0.632. The van der Waals surface area contributed by atoms with Gasteiger partial charge >= 0.3 is 0 Å². The van der Waals surface area contributed by atoms with E-state index in [2.05, 4.69) is 23.7 Å². The molecule has 0 aliphatic carbocycles. The molecule has 1 rings (SSSR count). The minimum absolute atomic E-state index is 0.294. The summed E-state index contributed by atoms with van der Waals surface area (Å²) < 4.78 is 22.9. The molecule has 0 amide bonds. The number of sulfone groups is 1. The first-order valence-electron chi connectivity index (χ1n) is 6.33. The van der Waals surface area contributed by atoms with E-state index in [1.54, 1.807) is 0 Å². The first kappa shape index (κ1) is 14.7. The molecule has 100 valence electrons. The summed E-state index contributed by atoms with van der Waals surface area (Å²) in [5.41, 5.74) is 1.14. The zero-order valence-electron chi connectivity index (χ0n) is 10.7. The molecule has 1 heterocycles. The molecule has 0 spiro atoms. The van der Waals surface area contributed by atoms with Gasteiger partial charge in [0.05, 0.1) is 11.5 Å². The first-order chi connectivity index (χ1) is 8.03. The van der Waals surface area contributed by atoms with Gasteiger partial charge in [-0.2, -0.15) is 0 Å². The lowest BCUT2D eigenvalue weighted by Gasteiger charge is -2.20. The van der Waals surface area contributed by atoms with Crippen LogP contribution in [0.5, 0.6) is 0 Å². The van der Waals surface area contributed by atoms with E-state index < -0.39 is 9.84 Å². The molecule has 1 N–H and O–H groups in total. The Bertz CT molecular complexity index is 338. The molecule has 5 heteroatoms. The monoisotopic (exact) mass is 260 g/mol. The quantitative estimate of drug-likeness (QED) is 0.563. The van der Waals surface area contributed by atoms with Crippen molar-refractivity contribution in [3.05, 3.63) is 12.2 Å². The molecule has 0 aromatic carbocycles. The lowest BCUT2D eigenvalue weighted by molar-refractivity contribution is 0.318. The topological polar surface area (TPSA) is 49.4 Å². The van der Waals surface area contributed by atoms with Crippen LogP contribution in [-0.2, 0) is 9.84 Å². The molecular weight excluding hydrogens is 236 g/mol. The van der Waals surface area contributed by atoms with Gasteiger partial charge in [0.25, 0.3) is 0 Å². The Hall–Kier alpha value is -0.390. The Kier molecular flexibility index (Phi) is 6.16. The Morgan fingerprint density at radius 2 is 2.12 bits per heavy atom. The van der Waals surface area contributed by atoms with Crippen LogP contribution in [-0.4, -0.2) is 57.5 Å². The lowest BCUT2D eigenvalue weighted by atomic mass is 10.2. The zero-order chi connectivity index (χ0) is 12.7. The van der Waals surface area contributed by atoms with Gasteiger partial charge in [0, 0.05) is 19.6 Å². The van der Waals surface area contributed by atoms with Crippen molar-refractivity contribution < 1.29 is 8.42 Å². The van der Waals surface area contributed by atoms with E-state index in [9.17, 15) is 8.42 Å². The van der Waals surface area contributed by atoms with E-state index in [1.165, 1.54) is 0 Å². The number of nitrogens with one attached hydrogen (secondary N) is 1. The second kappa shape index (κ2) is 7.13. The summed E-state index contributed by atoms with van der Waals surface area (Å²) >= 11 is 0. The highest BCUT2D eigenvalue weighted by molar-refractivity contribution is 7.91. The van der Waals surface area contributed by atoms with Crippen LogP contribution in [0.25, 0.3) is 0 Å². The molecular formula is C12H24N2O2S. The predicted molar refractivity (Wildman–Crippen MR) is 72.0 cm³/mol.